The van der Waals surface area contributed by atoms with Gasteiger partial charge in [0.25, 0.3) is 0 Å². The molecule has 1 aromatic rings. The number of hydrogen-bond donors (Lipinski definition) is 21. The van der Waals surface area contributed by atoms with E-state index in [1.54, 1.807) is 99.6 Å². The number of nitrogens with zero attached hydrogens (tertiary/aromatic N) is 1. The van der Waals surface area contributed by atoms with E-state index in [1.165, 1.54) is 6.92 Å². The van der Waals surface area contributed by atoms with E-state index < -0.39 is 236 Å². The first-order valence-electron chi connectivity index (χ1n) is 36.2. The normalized spacial score (nSPS) is 14.9. The Kier molecular flexibility index (Phi) is 44.2. The molecule has 108 heavy (non-hydrogen) atoms. The summed E-state index contributed by atoms with van der Waals surface area (Å²) in [4.78, 5) is 229. The van der Waals surface area contributed by atoms with Crippen molar-refractivity contribution in [3.05, 3.63) is 35.9 Å². The van der Waals surface area contributed by atoms with Crippen LogP contribution in [-0.2, 0) is 87.9 Å². The van der Waals surface area contributed by atoms with Crippen LogP contribution in [-0.4, -0.2) is 217 Å². The second-order valence-corrected chi connectivity index (χ2v) is 27.2. The van der Waals surface area contributed by atoms with Gasteiger partial charge in [-0.25, -0.2) is 4.79 Å². The molecule has 0 aliphatic carbocycles. The number of nitrogens with one attached hydrogen (secondary N) is 14. The molecule has 39 heteroatoms. The molecule has 27 N–H and O–H groups in total. The summed E-state index contributed by atoms with van der Waals surface area (Å²) in [5.74, 6) is -18.2. The quantitative estimate of drug-likeness (QED) is 0.0164. The van der Waals surface area contributed by atoms with Gasteiger partial charge in [0.1, 0.15) is 60.4 Å². The van der Waals surface area contributed by atoms with Crippen molar-refractivity contribution in [2.75, 3.05) is 39.3 Å². The molecule has 1 rings (SSSR count). The van der Waals surface area contributed by atoms with Crippen LogP contribution >= 0.6 is 0 Å². The van der Waals surface area contributed by atoms with Gasteiger partial charge < -0.3 is 114 Å². The van der Waals surface area contributed by atoms with Crippen molar-refractivity contribution >= 4 is 106 Å². The van der Waals surface area contributed by atoms with E-state index in [0.29, 0.717) is 44.1 Å². The fourth-order valence-corrected chi connectivity index (χ4v) is 10.4. The van der Waals surface area contributed by atoms with Crippen LogP contribution in [0.3, 0.4) is 0 Å². The lowest BCUT2D eigenvalue weighted by atomic mass is 9.96. The highest BCUT2D eigenvalue weighted by atomic mass is 16.4. The fourth-order valence-electron chi connectivity index (χ4n) is 10.4. The number of amides is 16. The molecule has 606 valence electrons. The standard InChI is InChI=1S/C69H117N21O18/c1-12-37(8)55(63(102)80-31-49(93)82-44(25-26-47(72)91)60(99)78-33-52(96)88-56(38(9)13-2)67(106)85-46(68(107)108)30-48(73)92)87-51(95)34-79-61(100)45(29-41-21-16-15-17-22-41)84-65(104)54(36(6)7)89-58(97)40(11)81-66(105)57(39(10)14-3)90-62(101)43(24-18-19-27-70)83-64(103)53(35(4)5)86-50(94)32-77-59(98)42(71)23-20-28-76-69(74)75/h15-17,21-22,35-40,42-46,53-57H,12-14,18-20,23-34,70-71H2,1-11H3,(H2,72,91)(H2,73,92)(H,77,98)(H,78,99)(H,79,100)(H,80,102)(H,81,105)(H,82,93)(H,83,103)(H,84,104)(H,85,106)(H,86,94)(H,87,95)(H,88,96)(H,89,97)(H,90,101)(H,107,108)(H4,74,75,76)/t37-,38-,39-,40-,42-,43-,44-,45-,46-,53-,54-,55-,56-,57-/m0/s1. The molecule has 39 nitrogen and oxygen atoms in total. The van der Waals surface area contributed by atoms with Crippen molar-refractivity contribution in [3.8, 4) is 0 Å². The van der Waals surface area contributed by atoms with E-state index in [9.17, 15) is 86.6 Å². The van der Waals surface area contributed by atoms with Crippen LogP contribution in [0.2, 0.25) is 0 Å². The van der Waals surface area contributed by atoms with Crippen LogP contribution in [0.4, 0.5) is 0 Å². The smallest absolute Gasteiger partial charge is 0.326 e. The second kappa shape index (κ2) is 50.0. The Labute approximate surface area is 629 Å². The first kappa shape index (κ1) is 95.4. The van der Waals surface area contributed by atoms with Crippen molar-refractivity contribution in [1.29, 1.82) is 0 Å². The summed E-state index contributed by atoms with van der Waals surface area (Å²) in [5.41, 5.74) is 33.4. The largest absolute Gasteiger partial charge is 0.480 e. The predicted octanol–water partition coefficient (Wildman–Crippen LogP) is -6.25. The molecule has 0 saturated carbocycles. The number of guanidine groups is 1. The highest BCUT2D eigenvalue weighted by Gasteiger charge is 2.37. The van der Waals surface area contributed by atoms with Crippen LogP contribution in [0.15, 0.2) is 35.3 Å². The summed E-state index contributed by atoms with van der Waals surface area (Å²) in [6.07, 6.45) is 0.822. The SMILES string of the molecule is CC[C@H](C)[C@H](NC(=O)CNC(=O)[C@H](Cc1ccccc1)NC(=O)[C@@H](NC(=O)[C@H](C)NC(=O)[C@@H](NC(=O)[C@H](CCCCN)NC(=O)[C@@H](NC(=O)CNC(=O)[C@@H](N)CCCN=C(N)N)C(C)C)[C@@H](C)CC)C(C)C)C(=O)NCC(=O)N[C@@H](CCC(N)=O)C(=O)NCC(=O)N[C@H](C(=O)N[C@@H](CC(N)=O)C(=O)O)[C@@H](C)CC. The maximum atomic E-state index is 14.3. The van der Waals surface area contributed by atoms with Gasteiger partial charge >= 0.3 is 5.97 Å². The van der Waals surface area contributed by atoms with Gasteiger partial charge in [0.2, 0.25) is 94.5 Å². The molecular formula is C69H117N21O18. The number of hydrogen-bond acceptors (Lipinski definition) is 20. The highest BCUT2D eigenvalue weighted by Crippen LogP contribution is 2.15. The summed E-state index contributed by atoms with van der Waals surface area (Å²) in [5, 5.41) is 44.4. The third-order valence-corrected chi connectivity index (χ3v) is 17.5. The van der Waals surface area contributed by atoms with Gasteiger partial charge in [0.15, 0.2) is 5.96 Å². The Morgan fingerprint density at radius 1 is 0.407 bits per heavy atom. The number of unbranched alkanes of at least 4 members (excludes halogenated alkanes) is 1. The molecule has 16 amide bonds. The monoisotopic (exact) mass is 1530 g/mol. The van der Waals surface area contributed by atoms with Gasteiger partial charge in [-0.1, -0.05) is 119 Å². The van der Waals surface area contributed by atoms with Crippen molar-refractivity contribution in [2.24, 2.45) is 69.0 Å². The number of carbonyl (C=O) groups is 17. The van der Waals surface area contributed by atoms with E-state index in [4.69, 9.17) is 34.4 Å². The maximum absolute atomic E-state index is 14.3. The summed E-state index contributed by atoms with van der Waals surface area (Å²) in [6.45, 7) is 15.6. The van der Waals surface area contributed by atoms with E-state index in [-0.39, 0.29) is 44.7 Å². The van der Waals surface area contributed by atoms with E-state index in [2.05, 4.69) is 79.4 Å². The molecule has 0 aliphatic heterocycles. The molecule has 0 unspecified atom stereocenters. The Morgan fingerprint density at radius 2 is 0.815 bits per heavy atom. The third kappa shape index (κ3) is 36.6. The number of primary amides is 2. The second-order valence-electron chi connectivity index (χ2n) is 27.2. The number of benzene rings is 1. The molecule has 0 bridgehead atoms. The number of carboxylic acids is 1. The molecule has 0 radical (unpaired) electrons. The Bertz CT molecular complexity index is 3250. The minimum atomic E-state index is -1.70. The van der Waals surface area contributed by atoms with Crippen molar-refractivity contribution in [3.63, 3.8) is 0 Å². The van der Waals surface area contributed by atoms with Crippen molar-refractivity contribution < 1.29 is 86.6 Å². The molecule has 0 heterocycles. The lowest BCUT2D eigenvalue weighted by Crippen LogP contribution is -2.61. The van der Waals surface area contributed by atoms with Gasteiger partial charge in [-0.3, -0.25) is 81.7 Å². The lowest BCUT2D eigenvalue weighted by Gasteiger charge is -2.30. The molecule has 0 spiro atoms. The summed E-state index contributed by atoms with van der Waals surface area (Å²) >= 11 is 0. The number of aliphatic imine (C=N–C) groups is 1. The lowest BCUT2D eigenvalue weighted by molar-refractivity contribution is -0.144. The predicted molar refractivity (Wildman–Crippen MR) is 396 cm³/mol. The van der Waals surface area contributed by atoms with E-state index >= 15 is 0 Å². The zero-order chi connectivity index (χ0) is 82.1. The molecule has 0 saturated heterocycles. The number of carboxylic acid groups (broad SMARTS) is 1. The highest BCUT2D eigenvalue weighted by molar-refractivity contribution is 6.00. The Morgan fingerprint density at radius 3 is 1.29 bits per heavy atom. The number of aliphatic carboxylic acids is 1. The number of nitrogens with two attached hydrogens (primary N) is 6. The zero-order valence-corrected chi connectivity index (χ0v) is 63.7. The van der Waals surface area contributed by atoms with Gasteiger partial charge in [0.05, 0.1) is 38.6 Å². The summed E-state index contributed by atoms with van der Waals surface area (Å²) in [7, 11) is 0. The molecule has 0 fully saturated rings. The minimum absolute atomic E-state index is 0.0698. The van der Waals surface area contributed by atoms with Crippen LogP contribution in [0.5, 0.6) is 0 Å². The average molecular weight is 1530 g/mol. The van der Waals surface area contributed by atoms with Crippen LogP contribution in [0.1, 0.15) is 152 Å². The van der Waals surface area contributed by atoms with E-state index in [0.717, 1.165) is 0 Å². The molecule has 0 aromatic heterocycles. The Hall–Kier alpha value is -10.6. The first-order chi connectivity index (χ1) is 50.7. The van der Waals surface area contributed by atoms with Crippen LogP contribution in [0.25, 0.3) is 0 Å². The van der Waals surface area contributed by atoms with Crippen molar-refractivity contribution in [1.82, 2.24) is 74.4 Å². The fraction of sp³-hybridized carbons (Fsp3) is 0.652. The molecule has 0 aliphatic rings. The van der Waals surface area contributed by atoms with Gasteiger partial charge in [-0.2, -0.15) is 0 Å². The van der Waals surface area contributed by atoms with Gasteiger partial charge in [-0.05, 0) is 87.1 Å². The third-order valence-electron chi connectivity index (χ3n) is 17.5. The zero-order valence-electron chi connectivity index (χ0n) is 63.7. The Balaban J connectivity index is 3.24. The van der Waals surface area contributed by atoms with Crippen LogP contribution < -0.4 is 109 Å². The molecule has 14 atom stereocenters. The summed E-state index contributed by atoms with van der Waals surface area (Å²) in [6, 6.07) is -6.17. The average Bonchev–Trinajstić information content (AvgIpc) is 0.844. The maximum Gasteiger partial charge on any atom is 0.326 e. The van der Waals surface area contributed by atoms with Gasteiger partial charge in [0, 0.05) is 19.4 Å². The molecule has 1 aromatic carbocycles. The topological polar surface area (TPSA) is 647 Å². The van der Waals surface area contributed by atoms with Crippen LogP contribution in [0, 0.1) is 29.6 Å². The minimum Gasteiger partial charge on any atom is -0.480 e. The van der Waals surface area contributed by atoms with Crippen molar-refractivity contribution in [2.45, 2.75) is 220 Å². The van der Waals surface area contributed by atoms with Gasteiger partial charge in [-0.15, -0.1) is 0 Å². The number of rotatable bonds is 52. The number of carbonyl (C=O) groups excluding carboxylic acids is 16. The summed E-state index contributed by atoms with van der Waals surface area (Å²) < 4.78 is 0. The van der Waals surface area contributed by atoms with E-state index in [1.807, 2.05) is 0 Å². The first-order valence-corrected chi connectivity index (χ1v) is 36.2. The molecular weight excluding hydrogens is 1410 g/mol.